The number of halogens is 3. The summed E-state index contributed by atoms with van der Waals surface area (Å²) in [6.07, 6.45) is 0. The highest BCUT2D eigenvalue weighted by atomic mass is 79.9. The number of anilines is 1. The molecule has 142 valence electrons. The standard InChI is InChI=1S/C15H14BrF2N7OS/c1-7-3-8(2)25(23-7)14-21-22-15(24(14)19)27-6-12(26)20-13-10(16)4-9(17)5-11(13)18/h3-5H,6,19H2,1-2H3,(H,20,26). The fraction of sp³-hybridized carbons (Fsp3) is 0.200. The van der Waals surface area contributed by atoms with E-state index in [9.17, 15) is 13.6 Å². The van der Waals surface area contributed by atoms with Gasteiger partial charge in [-0.1, -0.05) is 11.8 Å². The van der Waals surface area contributed by atoms with Gasteiger partial charge in [-0.15, -0.1) is 10.2 Å². The molecule has 0 aliphatic rings. The van der Waals surface area contributed by atoms with E-state index < -0.39 is 17.5 Å². The molecule has 0 bridgehead atoms. The molecule has 0 radical (unpaired) electrons. The highest BCUT2D eigenvalue weighted by Gasteiger charge is 2.17. The summed E-state index contributed by atoms with van der Waals surface area (Å²) in [5.41, 5.74) is 1.49. The number of aryl methyl sites for hydroxylation is 2. The van der Waals surface area contributed by atoms with E-state index in [1.807, 2.05) is 19.9 Å². The van der Waals surface area contributed by atoms with Gasteiger partial charge in [-0.3, -0.25) is 4.79 Å². The summed E-state index contributed by atoms with van der Waals surface area (Å²) in [7, 11) is 0. The van der Waals surface area contributed by atoms with Crippen molar-refractivity contribution in [3.63, 3.8) is 0 Å². The predicted molar refractivity (Wildman–Crippen MR) is 100 cm³/mol. The lowest BCUT2D eigenvalue weighted by Crippen LogP contribution is -2.19. The minimum absolute atomic E-state index is 0.101. The summed E-state index contributed by atoms with van der Waals surface area (Å²) in [5, 5.41) is 14.9. The lowest BCUT2D eigenvalue weighted by atomic mass is 10.3. The quantitative estimate of drug-likeness (QED) is 0.450. The Hall–Kier alpha value is -2.47. The summed E-state index contributed by atoms with van der Waals surface area (Å²) in [6, 6.07) is 3.61. The van der Waals surface area contributed by atoms with E-state index in [0.717, 1.165) is 29.2 Å². The third-order valence-corrected chi connectivity index (χ3v) is 5.02. The minimum Gasteiger partial charge on any atom is -0.334 e. The summed E-state index contributed by atoms with van der Waals surface area (Å²) in [6.45, 7) is 3.69. The van der Waals surface area contributed by atoms with Gasteiger partial charge in [0.25, 0.3) is 5.95 Å². The number of nitrogen functional groups attached to an aromatic ring is 1. The molecule has 0 unspecified atom stereocenters. The zero-order valence-corrected chi connectivity index (χ0v) is 16.6. The Morgan fingerprint density at radius 1 is 1.30 bits per heavy atom. The van der Waals surface area contributed by atoms with Crippen LogP contribution < -0.4 is 11.2 Å². The van der Waals surface area contributed by atoms with Gasteiger partial charge in [0.15, 0.2) is 5.82 Å². The van der Waals surface area contributed by atoms with Gasteiger partial charge in [0.2, 0.25) is 11.1 Å². The number of nitrogens with one attached hydrogen (secondary N) is 1. The number of benzene rings is 1. The van der Waals surface area contributed by atoms with E-state index in [1.54, 1.807) is 0 Å². The minimum atomic E-state index is -0.881. The topological polar surface area (TPSA) is 104 Å². The Morgan fingerprint density at radius 2 is 2.04 bits per heavy atom. The normalized spacial score (nSPS) is 11.0. The van der Waals surface area contributed by atoms with Crippen molar-refractivity contribution < 1.29 is 13.6 Å². The molecular weight excluding hydrogens is 444 g/mol. The van der Waals surface area contributed by atoms with Gasteiger partial charge in [0.1, 0.15) is 5.82 Å². The van der Waals surface area contributed by atoms with E-state index in [-0.39, 0.29) is 21.1 Å². The summed E-state index contributed by atoms with van der Waals surface area (Å²) >= 11 is 4.03. The van der Waals surface area contributed by atoms with E-state index in [1.165, 1.54) is 9.36 Å². The Bertz CT molecular complexity index is 997. The second-order valence-electron chi connectivity index (χ2n) is 5.57. The van der Waals surface area contributed by atoms with Crippen LogP contribution in [0.5, 0.6) is 0 Å². The Balaban J connectivity index is 1.69. The molecule has 3 aromatic rings. The third-order valence-electron chi connectivity index (χ3n) is 3.45. The van der Waals surface area contributed by atoms with Crippen LogP contribution in [0.2, 0.25) is 0 Å². The fourth-order valence-electron chi connectivity index (χ4n) is 2.31. The van der Waals surface area contributed by atoms with Crippen molar-refractivity contribution in [3.05, 3.63) is 45.7 Å². The molecule has 27 heavy (non-hydrogen) atoms. The van der Waals surface area contributed by atoms with Crippen LogP contribution in [0.1, 0.15) is 11.4 Å². The number of hydrogen-bond acceptors (Lipinski definition) is 6. The number of nitrogens with zero attached hydrogens (tertiary/aromatic N) is 5. The molecule has 1 aromatic carbocycles. The van der Waals surface area contributed by atoms with Crippen molar-refractivity contribution in [2.75, 3.05) is 16.9 Å². The molecule has 0 saturated heterocycles. The molecule has 2 aromatic heterocycles. The predicted octanol–water partition coefficient (Wildman–Crippen LogP) is 2.57. The molecule has 2 heterocycles. The first-order valence-corrected chi connectivity index (χ1v) is 9.35. The summed E-state index contributed by atoms with van der Waals surface area (Å²) in [4.78, 5) is 12.1. The zero-order chi connectivity index (χ0) is 19.7. The van der Waals surface area contributed by atoms with E-state index in [4.69, 9.17) is 5.84 Å². The molecule has 0 fully saturated rings. The maximum Gasteiger partial charge on any atom is 0.271 e. The van der Waals surface area contributed by atoms with Crippen LogP contribution in [0, 0.1) is 25.5 Å². The van der Waals surface area contributed by atoms with Crippen molar-refractivity contribution in [1.82, 2.24) is 24.7 Å². The molecule has 0 atom stereocenters. The number of nitrogens with two attached hydrogens (primary N) is 1. The molecule has 3 rings (SSSR count). The van der Waals surface area contributed by atoms with Crippen molar-refractivity contribution in [3.8, 4) is 5.95 Å². The lowest BCUT2D eigenvalue weighted by molar-refractivity contribution is -0.113. The van der Waals surface area contributed by atoms with Gasteiger partial charge in [-0.05, 0) is 41.9 Å². The van der Waals surface area contributed by atoms with Crippen LogP contribution in [-0.2, 0) is 4.79 Å². The van der Waals surface area contributed by atoms with Gasteiger partial charge in [0.05, 0.1) is 17.1 Å². The van der Waals surface area contributed by atoms with Crippen molar-refractivity contribution in [1.29, 1.82) is 0 Å². The Kier molecular flexibility index (Phi) is 5.46. The van der Waals surface area contributed by atoms with Gasteiger partial charge in [-0.2, -0.15) is 5.10 Å². The molecule has 3 N–H and O–H groups in total. The second kappa shape index (κ2) is 7.64. The first-order valence-electron chi connectivity index (χ1n) is 7.57. The molecule has 0 aliphatic carbocycles. The zero-order valence-electron chi connectivity index (χ0n) is 14.2. The SMILES string of the molecule is Cc1cc(C)n(-c2nnc(SCC(=O)Nc3c(F)cc(F)cc3Br)n2N)n1. The number of hydrogen-bond donors (Lipinski definition) is 2. The smallest absolute Gasteiger partial charge is 0.271 e. The van der Waals surface area contributed by atoms with Gasteiger partial charge < -0.3 is 11.2 Å². The van der Waals surface area contributed by atoms with Crippen LogP contribution in [0.3, 0.4) is 0 Å². The first kappa shape index (κ1) is 19.3. The number of carbonyl (C=O) groups excluding carboxylic acids is 1. The maximum atomic E-state index is 13.8. The van der Waals surface area contributed by atoms with Crippen molar-refractivity contribution in [2.45, 2.75) is 19.0 Å². The van der Waals surface area contributed by atoms with Gasteiger partial charge in [0, 0.05) is 16.2 Å². The highest BCUT2D eigenvalue weighted by Crippen LogP contribution is 2.27. The molecule has 1 amide bonds. The van der Waals surface area contributed by atoms with Crippen molar-refractivity contribution >= 4 is 39.3 Å². The molecule has 0 aliphatic heterocycles. The Morgan fingerprint density at radius 3 is 2.67 bits per heavy atom. The number of rotatable bonds is 5. The summed E-state index contributed by atoms with van der Waals surface area (Å²) in [5.74, 6) is 4.04. The number of amides is 1. The number of aromatic nitrogens is 5. The van der Waals surface area contributed by atoms with Crippen LogP contribution in [0.4, 0.5) is 14.5 Å². The van der Waals surface area contributed by atoms with Gasteiger partial charge in [-0.25, -0.2) is 18.1 Å². The molecule has 12 heteroatoms. The second-order valence-corrected chi connectivity index (χ2v) is 7.37. The van der Waals surface area contributed by atoms with Crippen LogP contribution in [0.25, 0.3) is 5.95 Å². The van der Waals surface area contributed by atoms with Crippen LogP contribution in [0.15, 0.2) is 27.8 Å². The highest BCUT2D eigenvalue weighted by molar-refractivity contribution is 9.10. The molecule has 8 nitrogen and oxygen atoms in total. The van der Waals surface area contributed by atoms with Crippen LogP contribution in [-0.4, -0.2) is 36.3 Å². The average molecular weight is 458 g/mol. The fourth-order valence-corrected chi connectivity index (χ4v) is 3.47. The number of thioether (sulfide) groups is 1. The van der Waals surface area contributed by atoms with E-state index >= 15 is 0 Å². The summed E-state index contributed by atoms with van der Waals surface area (Å²) < 4.78 is 29.7. The lowest BCUT2D eigenvalue weighted by Gasteiger charge is -2.09. The first-order chi connectivity index (χ1) is 12.8. The molecular formula is C15H14BrF2N7OS. The average Bonchev–Trinajstić information content (AvgIpc) is 3.10. The van der Waals surface area contributed by atoms with Crippen LogP contribution >= 0.6 is 27.7 Å². The van der Waals surface area contributed by atoms with Gasteiger partial charge >= 0.3 is 0 Å². The van der Waals surface area contributed by atoms with E-state index in [2.05, 4.69) is 36.5 Å². The monoisotopic (exact) mass is 457 g/mol. The van der Waals surface area contributed by atoms with Crippen molar-refractivity contribution in [2.24, 2.45) is 0 Å². The largest absolute Gasteiger partial charge is 0.334 e. The number of carbonyl (C=O) groups is 1. The van der Waals surface area contributed by atoms with E-state index in [0.29, 0.717) is 12.0 Å². The molecule has 0 spiro atoms. The Labute approximate surface area is 165 Å². The third kappa shape index (κ3) is 4.11. The maximum absolute atomic E-state index is 13.8. The molecule has 0 saturated carbocycles.